The molecule has 0 unspecified atom stereocenters. The van der Waals surface area contributed by atoms with Gasteiger partial charge in [0.2, 0.25) is 0 Å². The van der Waals surface area contributed by atoms with Crippen molar-refractivity contribution in [1.82, 2.24) is 9.97 Å². The molecule has 0 N–H and O–H groups in total. The molecule has 0 aliphatic carbocycles. The van der Waals surface area contributed by atoms with E-state index in [1.165, 1.54) is 30.5 Å². The maximum Gasteiger partial charge on any atom is 0.446 e. The van der Waals surface area contributed by atoms with Gasteiger partial charge in [0.15, 0.2) is 5.82 Å². The second-order valence-corrected chi connectivity index (χ2v) is 5.76. The highest BCUT2D eigenvalue weighted by molar-refractivity contribution is 9.10. The van der Waals surface area contributed by atoms with Gasteiger partial charge in [0, 0.05) is 16.7 Å². The second kappa shape index (κ2) is 5.68. The van der Waals surface area contributed by atoms with Crippen molar-refractivity contribution in [3.05, 3.63) is 40.1 Å². The summed E-state index contributed by atoms with van der Waals surface area (Å²) in [6, 6.07) is 5.78. The number of rotatable bonds is 2. The lowest BCUT2D eigenvalue weighted by Crippen LogP contribution is -1.98. The van der Waals surface area contributed by atoms with Crippen molar-refractivity contribution in [2.75, 3.05) is 0 Å². The van der Waals surface area contributed by atoms with E-state index >= 15 is 0 Å². The second-order valence-electron chi connectivity index (χ2n) is 3.40. The normalized spacial score (nSPS) is 11.6. The van der Waals surface area contributed by atoms with E-state index in [2.05, 4.69) is 25.9 Å². The minimum atomic E-state index is -4.29. The molecule has 0 aliphatic rings. The first-order valence-electron chi connectivity index (χ1n) is 4.89. The quantitative estimate of drug-likeness (QED) is 0.539. The Morgan fingerprint density at radius 3 is 2.32 bits per heavy atom. The van der Waals surface area contributed by atoms with Gasteiger partial charge in [0.25, 0.3) is 0 Å². The first-order valence-corrected chi connectivity index (χ1v) is 6.88. The lowest BCUT2D eigenvalue weighted by atomic mass is 10.2. The van der Waals surface area contributed by atoms with Crippen molar-refractivity contribution >= 4 is 39.3 Å². The van der Waals surface area contributed by atoms with Crippen LogP contribution in [-0.2, 0) is 0 Å². The zero-order chi connectivity index (χ0) is 14.0. The van der Waals surface area contributed by atoms with Gasteiger partial charge in [0.05, 0.1) is 4.47 Å². The fourth-order valence-electron chi connectivity index (χ4n) is 1.29. The van der Waals surface area contributed by atoms with Crippen molar-refractivity contribution in [3.63, 3.8) is 0 Å². The van der Waals surface area contributed by atoms with E-state index in [4.69, 9.17) is 11.6 Å². The Bertz CT molecular complexity index is 589. The van der Waals surface area contributed by atoms with Crippen LogP contribution >= 0.6 is 39.3 Å². The SMILES string of the molecule is FC(F)(F)Sc1ccc(-c2ncc(Br)c(Cl)n2)cc1. The van der Waals surface area contributed by atoms with Gasteiger partial charge < -0.3 is 0 Å². The minimum absolute atomic E-state index is 0.111. The van der Waals surface area contributed by atoms with Crippen LogP contribution in [0.2, 0.25) is 5.15 Å². The summed E-state index contributed by atoms with van der Waals surface area (Å²) in [4.78, 5) is 8.18. The molecule has 2 aromatic rings. The predicted molar refractivity (Wildman–Crippen MR) is 72.1 cm³/mol. The number of aromatic nitrogens is 2. The molecule has 2 nitrogen and oxygen atoms in total. The summed E-state index contributed by atoms with van der Waals surface area (Å²) in [5, 5.41) is 0.249. The molecule has 0 aliphatic heterocycles. The highest BCUT2D eigenvalue weighted by Crippen LogP contribution is 2.37. The fraction of sp³-hybridized carbons (Fsp3) is 0.0909. The summed E-state index contributed by atoms with van der Waals surface area (Å²) in [5.74, 6) is 0.358. The van der Waals surface area contributed by atoms with E-state index in [9.17, 15) is 13.2 Å². The number of thioether (sulfide) groups is 1. The number of alkyl halides is 3. The van der Waals surface area contributed by atoms with Crippen molar-refractivity contribution in [2.45, 2.75) is 10.4 Å². The topological polar surface area (TPSA) is 25.8 Å². The first kappa shape index (κ1) is 14.6. The van der Waals surface area contributed by atoms with Gasteiger partial charge in [-0.3, -0.25) is 0 Å². The Kier molecular flexibility index (Phi) is 4.37. The highest BCUT2D eigenvalue weighted by atomic mass is 79.9. The monoisotopic (exact) mass is 368 g/mol. The molecule has 0 fully saturated rings. The third kappa shape index (κ3) is 4.09. The largest absolute Gasteiger partial charge is 0.446 e. The van der Waals surface area contributed by atoms with Gasteiger partial charge in [0.1, 0.15) is 5.15 Å². The summed E-state index contributed by atoms with van der Waals surface area (Å²) in [7, 11) is 0. The summed E-state index contributed by atoms with van der Waals surface area (Å²) in [6.07, 6.45) is 1.49. The van der Waals surface area contributed by atoms with Crippen molar-refractivity contribution in [3.8, 4) is 11.4 Å². The van der Waals surface area contributed by atoms with Gasteiger partial charge in [-0.2, -0.15) is 13.2 Å². The Labute approximate surface area is 124 Å². The van der Waals surface area contributed by atoms with Gasteiger partial charge in [-0.15, -0.1) is 0 Å². The predicted octanol–water partition coefficient (Wildman–Crippen LogP) is 5.17. The maximum atomic E-state index is 12.2. The van der Waals surface area contributed by atoms with E-state index in [0.717, 1.165) is 0 Å². The molecule has 1 heterocycles. The van der Waals surface area contributed by atoms with E-state index in [1.807, 2.05) is 0 Å². The van der Waals surface area contributed by atoms with E-state index in [-0.39, 0.29) is 21.8 Å². The third-order valence-electron chi connectivity index (χ3n) is 2.05. The van der Waals surface area contributed by atoms with Gasteiger partial charge >= 0.3 is 5.51 Å². The van der Waals surface area contributed by atoms with Crippen LogP contribution in [-0.4, -0.2) is 15.5 Å². The molecule has 0 bridgehead atoms. The van der Waals surface area contributed by atoms with Crippen LogP contribution in [0.15, 0.2) is 39.8 Å². The van der Waals surface area contributed by atoms with Gasteiger partial charge in [-0.05, 0) is 39.8 Å². The molecule has 1 aromatic heterocycles. The molecule has 100 valence electrons. The number of hydrogen-bond acceptors (Lipinski definition) is 3. The molecule has 1 aromatic carbocycles. The van der Waals surface area contributed by atoms with Gasteiger partial charge in [-0.25, -0.2) is 9.97 Å². The van der Waals surface area contributed by atoms with E-state index < -0.39 is 5.51 Å². The smallest absolute Gasteiger partial charge is 0.235 e. The minimum Gasteiger partial charge on any atom is -0.235 e. The maximum absolute atomic E-state index is 12.2. The molecule has 0 saturated heterocycles. The molecule has 19 heavy (non-hydrogen) atoms. The molecular weight excluding hydrogens is 365 g/mol. The van der Waals surface area contributed by atoms with E-state index in [1.54, 1.807) is 0 Å². The van der Waals surface area contributed by atoms with E-state index in [0.29, 0.717) is 15.9 Å². The van der Waals surface area contributed by atoms with Crippen LogP contribution < -0.4 is 0 Å². The zero-order valence-corrected chi connectivity index (χ0v) is 12.2. The van der Waals surface area contributed by atoms with Crippen LogP contribution in [0, 0.1) is 0 Å². The molecule has 8 heteroatoms. The summed E-state index contributed by atoms with van der Waals surface area (Å²) < 4.78 is 37.1. The van der Waals surface area contributed by atoms with Crippen molar-refractivity contribution in [1.29, 1.82) is 0 Å². The Hall–Kier alpha value is -0.790. The standard InChI is InChI=1S/C11H5BrClF3N2S/c12-8-5-17-10(18-9(8)13)6-1-3-7(4-2-6)19-11(14,15)16/h1-5H. The molecule has 0 saturated carbocycles. The van der Waals surface area contributed by atoms with Crippen LogP contribution in [0.5, 0.6) is 0 Å². The van der Waals surface area contributed by atoms with Crippen LogP contribution in [0.4, 0.5) is 13.2 Å². The lowest BCUT2D eigenvalue weighted by molar-refractivity contribution is -0.0328. The van der Waals surface area contributed by atoms with Crippen LogP contribution in [0.3, 0.4) is 0 Å². The Morgan fingerprint density at radius 2 is 1.79 bits per heavy atom. The number of hydrogen-bond donors (Lipinski definition) is 0. The van der Waals surface area contributed by atoms with Gasteiger partial charge in [-0.1, -0.05) is 23.7 Å². The number of benzene rings is 1. The highest BCUT2D eigenvalue weighted by Gasteiger charge is 2.29. The summed E-state index contributed by atoms with van der Waals surface area (Å²) in [5.41, 5.74) is -3.69. The van der Waals surface area contributed by atoms with Crippen LogP contribution in [0.1, 0.15) is 0 Å². The molecule has 0 atom stereocenters. The lowest BCUT2D eigenvalue weighted by Gasteiger charge is -2.06. The first-order chi connectivity index (χ1) is 8.85. The Balaban J connectivity index is 2.25. The number of halogens is 5. The zero-order valence-electron chi connectivity index (χ0n) is 9.08. The molecule has 0 spiro atoms. The summed E-state index contributed by atoms with van der Waals surface area (Å²) >= 11 is 8.83. The van der Waals surface area contributed by atoms with Crippen LogP contribution in [0.25, 0.3) is 11.4 Å². The fourth-order valence-corrected chi connectivity index (χ4v) is 2.15. The average molecular weight is 370 g/mol. The van der Waals surface area contributed by atoms with Crippen molar-refractivity contribution < 1.29 is 13.2 Å². The molecule has 0 amide bonds. The number of nitrogens with zero attached hydrogens (tertiary/aromatic N) is 2. The average Bonchev–Trinajstić information content (AvgIpc) is 2.32. The molecule has 0 radical (unpaired) electrons. The Morgan fingerprint density at radius 1 is 1.16 bits per heavy atom. The molecule has 2 rings (SSSR count). The third-order valence-corrected chi connectivity index (χ3v) is 3.88. The summed E-state index contributed by atoms with van der Waals surface area (Å²) in [6.45, 7) is 0. The van der Waals surface area contributed by atoms with Crippen molar-refractivity contribution in [2.24, 2.45) is 0 Å². The molecular formula is C11H5BrClF3N2S.